The molecule has 0 aliphatic carbocycles. The monoisotopic (exact) mass is 213 g/mol. The fourth-order valence-corrected chi connectivity index (χ4v) is 0.833. The van der Waals surface area contributed by atoms with Gasteiger partial charge in [0.25, 0.3) is 11.8 Å². The lowest BCUT2D eigenvalue weighted by Crippen LogP contribution is -2.32. The van der Waals surface area contributed by atoms with E-state index in [0.29, 0.717) is 0 Å². The van der Waals surface area contributed by atoms with E-state index in [0.717, 1.165) is 12.2 Å². The average molecular weight is 213 g/mol. The number of imide groups is 1. The molecule has 0 bridgehead atoms. The molecule has 1 aliphatic rings. The topological polar surface area (TPSA) is 101 Å². The fourth-order valence-electron chi connectivity index (χ4n) is 0.833. The van der Waals surface area contributed by atoms with Crippen molar-refractivity contribution in [1.29, 1.82) is 0 Å². The maximum atomic E-state index is 10.9. The van der Waals surface area contributed by atoms with E-state index in [1.54, 1.807) is 0 Å². The molecule has 0 spiro atoms. The Labute approximate surface area is 83.9 Å². The van der Waals surface area contributed by atoms with Crippen molar-refractivity contribution in [3.05, 3.63) is 12.2 Å². The van der Waals surface area contributed by atoms with Crippen molar-refractivity contribution >= 4 is 23.8 Å². The Bertz CT molecular complexity index is 340. The third-order valence-electron chi connectivity index (χ3n) is 1.50. The van der Waals surface area contributed by atoms with E-state index in [-0.39, 0.29) is 5.06 Å². The number of hydroxylamine groups is 2. The Balaban J connectivity index is 2.42. The summed E-state index contributed by atoms with van der Waals surface area (Å²) in [6.07, 6.45) is 1.09. The summed E-state index contributed by atoms with van der Waals surface area (Å²) in [7, 11) is 0. The van der Waals surface area contributed by atoms with Crippen molar-refractivity contribution in [1.82, 2.24) is 5.06 Å². The van der Waals surface area contributed by atoms with Crippen LogP contribution in [0.3, 0.4) is 0 Å². The van der Waals surface area contributed by atoms with Crippen LogP contribution < -0.4 is 0 Å². The fraction of sp³-hybridized carbons (Fsp3) is 0.250. The molecule has 0 aromatic carbocycles. The van der Waals surface area contributed by atoms with Crippen LogP contribution in [0.15, 0.2) is 12.2 Å². The van der Waals surface area contributed by atoms with Gasteiger partial charge in [0, 0.05) is 12.2 Å². The smallest absolute Gasteiger partial charge is 0.333 e. The average Bonchev–Trinajstić information content (AvgIpc) is 2.46. The van der Waals surface area contributed by atoms with Crippen molar-refractivity contribution in [2.24, 2.45) is 0 Å². The molecule has 0 saturated carbocycles. The second-order valence-corrected chi connectivity index (χ2v) is 2.66. The largest absolute Gasteiger partial charge is 0.481 e. The Kier molecular flexibility index (Phi) is 3.17. The zero-order valence-electron chi connectivity index (χ0n) is 7.50. The van der Waals surface area contributed by atoms with Gasteiger partial charge in [-0.2, -0.15) is 0 Å². The number of amides is 2. The van der Waals surface area contributed by atoms with Gasteiger partial charge in [-0.1, -0.05) is 5.06 Å². The van der Waals surface area contributed by atoms with Gasteiger partial charge in [0.15, 0.2) is 0 Å². The second kappa shape index (κ2) is 4.36. The molecule has 0 aromatic heterocycles. The Hall–Kier alpha value is -2.18. The number of aliphatic carboxylic acids is 1. The van der Waals surface area contributed by atoms with Crippen LogP contribution in [0, 0.1) is 0 Å². The minimum absolute atomic E-state index is 0.282. The Morgan fingerprint density at radius 3 is 2.20 bits per heavy atom. The molecule has 7 nitrogen and oxygen atoms in total. The van der Waals surface area contributed by atoms with Crippen molar-refractivity contribution in [3.63, 3.8) is 0 Å². The number of carboxylic acids is 1. The maximum absolute atomic E-state index is 10.9. The normalized spacial score (nSPS) is 14.5. The third-order valence-corrected chi connectivity index (χ3v) is 1.50. The number of carbonyl (C=O) groups excluding carboxylic acids is 3. The molecule has 0 unspecified atom stereocenters. The lowest BCUT2D eigenvalue weighted by molar-refractivity contribution is -0.196. The zero-order chi connectivity index (χ0) is 11.4. The molecule has 0 saturated heterocycles. The second-order valence-electron chi connectivity index (χ2n) is 2.66. The minimum Gasteiger partial charge on any atom is -0.481 e. The van der Waals surface area contributed by atoms with Crippen LogP contribution in [-0.4, -0.2) is 33.9 Å². The molecule has 0 atom stereocenters. The molecule has 1 rings (SSSR count). The molecule has 0 fully saturated rings. The molecule has 15 heavy (non-hydrogen) atoms. The standard InChI is InChI=1S/C8H7NO6/c10-5-1-2-6(11)9(5)15-8(14)4-3-7(12)13/h1-2H,3-4H2,(H,12,13). The molecular weight excluding hydrogens is 206 g/mol. The quantitative estimate of drug-likeness (QED) is 0.615. The van der Waals surface area contributed by atoms with E-state index in [2.05, 4.69) is 4.84 Å². The number of hydrogen-bond acceptors (Lipinski definition) is 5. The number of carboxylic acid groups (broad SMARTS) is 1. The van der Waals surface area contributed by atoms with E-state index >= 15 is 0 Å². The van der Waals surface area contributed by atoms with Gasteiger partial charge in [-0.3, -0.25) is 14.4 Å². The summed E-state index contributed by atoms with van der Waals surface area (Å²) in [4.78, 5) is 47.2. The van der Waals surface area contributed by atoms with Gasteiger partial charge in [-0.15, -0.1) is 0 Å². The molecule has 1 aliphatic heterocycles. The SMILES string of the molecule is O=C(O)CCC(=O)ON1C(=O)C=CC1=O. The van der Waals surface area contributed by atoms with Gasteiger partial charge in [-0.25, -0.2) is 4.79 Å². The number of rotatable bonds is 4. The van der Waals surface area contributed by atoms with Gasteiger partial charge >= 0.3 is 11.9 Å². The van der Waals surface area contributed by atoms with Crippen LogP contribution in [0.4, 0.5) is 0 Å². The highest BCUT2D eigenvalue weighted by Gasteiger charge is 2.27. The first kappa shape index (κ1) is 10.9. The predicted octanol–water partition coefficient (Wildman–Crippen LogP) is -0.766. The first-order valence-electron chi connectivity index (χ1n) is 3.99. The van der Waals surface area contributed by atoms with Crippen molar-refractivity contribution in [2.75, 3.05) is 0 Å². The van der Waals surface area contributed by atoms with E-state index < -0.39 is 36.6 Å². The van der Waals surface area contributed by atoms with Crippen LogP contribution >= 0.6 is 0 Å². The first-order chi connectivity index (χ1) is 7.00. The summed E-state index contributed by atoms with van der Waals surface area (Å²) in [5.41, 5.74) is 0. The highest BCUT2D eigenvalue weighted by Crippen LogP contribution is 2.06. The van der Waals surface area contributed by atoms with Crippen LogP contribution in [0.5, 0.6) is 0 Å². The van der Waals surface area contributed by atoms with E-state index in [1.165, 1.54) is 0 Å². The zero-order valence-corrected chi connectivity index (χ0v) is 7.50. The Morgan fingerprint density at radius 1 is 1.20 bits per heavy atom. The van der Waals surface area contributed by atoms with Crippen molar-refractivity contribution in [2.45, 2.75) is 12.8 Å². The van der Waals surface area contributed by atoms with E-state index in [9.17, 15) is 19.2 Å². The van der Waals surface area contributed by atoms with Gasteiger partial charge in [0.1, 0.15) is 0 Å². The van der Waals surface area contributed by atoms with Crippen molar-refractivity contribution in [3.8, 4) is 0 Å². The van der Waals surface area contributed by atoms with Gasteiger partial charge in [0.2, 0.25) is 0 Å². The lowest BCUT2D eigenvalue weighted by Gasteiger charge is -2.11. The lowest BCUT2D eigenvalue weighted by atomic mass is 10.3. The van der Waals surface area contributed by atoms with Gasteiger partial charge in [-0.05, 0) is 0 Å². The van der Waals surface area contributed by atoms with E-state index in [1.807, 2.05) is 0 Å². The van der Waals surface area contributed by atoms with Crippen LogP contribution in [-0.2, 0) is 24.0 Å². The molecule has 1 heterocycles. The summed E-state index contributed by atoms with van der Waals surface area (Å²) in [5, 5.41) is 8.54. The summed E-state index contributed by atoms with van der Waals surface area (Å²) >= 11 is 0. The number of nitrogens with zero attached hydrogens (tertiary/aromatic N) is 1. The van der Waals surface area contributed by atoms with Crippen LogP contribution in [0.2, 0.25) is 0 Å². The molecule has 80 valence electrons. The van der Waals surface area contributed by atoms with Gasteiger partial charge in [0.05, 0.1) is 12.8 Å². The van der Waals surface area contributed by atoms with Crippen LogP contribution in [0.25, 0.3) is 0 Å². The number of carbonyl (C=O) groups is 4. The first-order valence-corrected chi connectivity index (χ1v) is 3.99. The van der Waals surface area contributed by atoms with Crippen LogP contribution in [0.1, 0.15) is 12.8 Å². The summed E-state index contributed by atoms with van der Waals surface area (Å²) in [5.74, 6) is -3.63. The van der Waals surface area contributed by atoms with Crippen molar-refractivity contribution < 1.29 is 29.1 Å². The van der Waals surface area contributed by atoms with E-state index in [4.69, 9.17) is 5.11 Å². The highest BCUT2D eigenvalue weighted by atomic mass is 16.7. The summed E-state index contributed by atoms with van der Waals surface area (Å²) < 4.78 is 0. The predicted molar refractivity (Wildman–Crippen MR) is 44.0 cm³/mol. The molecule has 1 N–H and O–H groups in total. The molecule has 2 amide bonds. The summed E-state index contributed by atoms with van der Waals surface area (Å²) in [6.45, 7) is 0. The summed E-state index contributed by atoms with van der Waals surface area (Å²) in [6, 6.07) is 0. The molecule has 7 heteroatoms. The minimum atomic E-state index is -1.16. The Morgan fingerprint density at radius 2 is 1.73 bits per heavy atom. The highest BCUT2D eigenvalue weighted by molar-refractivity contribution is 6.12. The molecule has 0 radical (unpaired) electrons. The molecular formula is C8H7NO6. The third kappa shape index (κ3) is 2.90. The number of hydrogen-bond donors (Lipinski definition) is 1. The maximum Gasteiger partial charge on any atom is 0.333 e. The molecule has 0 aromatic rings. The van der Waals surface area contributed by atoms with Gasteiger partial charge < -0.3 is 9.94 Å².